The summed E-state index contributed by atoms with van der Waals surface area (Å²) in [4.78, 5) is 13.9. The SMILES string of the molecule is NS(=O)(=O)c1cc2c(cc1Br)CCN2C(=O)C1CC1. The second-order valence-electron chi connectivity index (χ2n) is 4.97. The lowest BCUT2D eigenvalue weighted by molar-refractivity contribution is -0.119. The number of amides is 1. The highest BCUT2D eigenvalue weighted by molar-refractivity contribution is 9.10. The van der Waals surface area contributed by atoms with Crippen LogP contribution in [0.3, 0.4) is 0 Å². The van der Waals surface area contributed by atoms with Gasteiger partial charge in [0.05, 0.1) is 4.90 Å². The number of anilines is 1. The van der Waals surface area contributed by atoms with Crippen LogP contribution < -0.4 is 10.0 Å². The Morgan fingerprint density at radius 3 is 2.63 bits per heavy atom. The minimum atomic E-state index is -3.79. The van der Waals surface area contributed by atoms with Crippen molar-refractivity contribution in [1.82, 2.24) is 0 Å². The molecule has 0 radical (unpaired) electrons. The Bertz CT molecular complexity index is 668. The summed E-state index contributed by atoms with van der Waals surface area (Å²) in [5.41, 5.74) is 1.66. The fraction of sp³-hybridized carbons (Fsp3) is 0.417. The van der Waals surface area contributed by atoms with Crippen molar-refractivity contribution in [2.75, 3.05) is 11.4 Å². The third-order valence-corrected chi connectivity index (χ3v) is 5.40. The Balaban J connectivity index is 2.07. The number of hydrogen-bond acceptors (Lipinski definition) is 3. The molecule has 7 heteroatoms. The number of sulfonamides is 1. The lowest BCUT2D eigenvalue weighted by atomic mass is 10.2. The summed E-state index contributed by atoms with van der Waals surface area (Å²) in [6.45, 7) is 0.616. The first-order valence-corrected chi connectivity index (χ1v) is 8.38. The van der Waals surface area contributed by atoms with Crippen LogP contribution in [0.2, 0.25) is 0 Å². The number of primary sulfonamides is 1. The van der Waals surface area contributed by atoms with Gasteiger partial charge in [-0.05, 0) is 52.9 Å². The maximum absolute atomic E-state index is 12.1. The first-order chi connectivity index (χ1) is 8.88. The molecule has 1 aromatic carbocycles. The summed E-state index contributed by atoms with van der Waals surface area (Å²) in [7, 11) is -3.79. The van der Waals surface area contributed by atoms with Gasteiger partial charge in [0.2, 0.25) is 15.9 Å². The minimum Gasteiger partial charge on any atom is -0.312 e. The van der Waals surface area contributed by atoms with Gasteiger partial charge >= 0.3 is 0 Å². The van der Waals surface area contributed by atoms with Gasteiger partial charge in [-0.2, -0.15) is 0 Å². The molecule has 2 N–H and O–H groups in total. The van der Waals surface area contributed by atoms with Crippen molar-refractivity contribution in [3.05, 3.63) is 22.2 Å². The summed E-state index contributed by atoms with van der Waals surface area (Å²) in [6.07, 6.45) is 2.61. The third-order valence-electron chi connectivity index (χ3n) is 3.53. The van der Waals surface area contributed by atoms with Crippen LogP contribution in [0.1, 0.15) is 18.4 Å². The molecule has 1 heterocycles. The molecule has 2 aliphatic rings. The Morgan fingerprint density at radius 1 is 1.37 bits per heavy atom. The summed E-state index contributed by atoms with van der Waals surface area (Å²) < 4.78 is 23.5. The molecule has 19 heavy (non-hydrogen) atoms. The molecule has 3 rings (SSSR count). The van der Waals surface area contributed by atoms with E-state index in [9.17, 15) is 13.2 Å². The molecule has 1 aliphatic carbocycles. The molecule has 1 aromatic rings. The largest absolute Gasteiger partial charge is 0.312 e. The van der Waals surface area contributed by atoms with Crippen LogP contribution >= 0.6 is 15.9 Å². The molecule has 5 nitrogen and oxygen atoms in total. The van der Waals surface area contributed by atoms with Crippen LogP contribution in [-0.4, -0.2) is 20.9 Å². The quantitative estimate of drug-likeness (QED) is 0.880. The van der Waals surface area contributed by atoms with Crippen LogP contribution in [0.5, 0.6) is 0 Å². The van der Waals surface area contributed by atoms with E-state index in [-0.39, 0.29) is 16.7 Å². The van der Waals surface area contributed by atoms with Gasteiger partial charge in [-0.3, -0.25) is 4.79 Å². The number of nitrogens with zero attached hydrogens (tertiary/aromatic N) is 1. The zero-order chi connectivity index (χ0) is 13.8. The van der Waals surface area contributed by atoms with Gasteiger partial charge in [-0.1, -0.05) is 0 Å². The predicted molar refractivity (Wildman–Crippen MR) is 74.3 cm³/mol. The number of benzene rings is 1. The van der Waals surface area contributed by atoms with E-state index in [0.717, 1.165) is 24.8 Å². The van der Waals surface area contributed by atoms with Crippen molar-refractivity contribution in [1.29, 1.82) is 0 Å². The van der Waals surface area contributed by atoms with Crippen LogP contribution in [0.15, 0.2) is 21.5 Å². The fourth-order valence-corrected chi connectivity index (χ4v) is 4.06. The van der Waals surface area contributed by atoms with E-state index in [1.54, 1.807) is 11.0 Å². The molecule has 0 spiro atoms. The number of carbonyl (C=O) groups is 1. The van der Waals surface area contributed by atoms with Gasteiger partial charge < -0.3 is 4.90 Å². The standard InChI is InChI=1S/C12H13BrN2O3S/c13-9-5-8-3-4-15(12(16)7-1-2-7)10(8)6-11(9)19(14,17)18/h5-7H,1-4H2,(H2,14,17,18). The van der Waals surface area contributed by atoms with Crippen molar-refractivity contribution < 1.29 is 13.2 Å². The van der Waals surface area contributed by atoms with Crippen molar-refractivity contribution in [2.45, 2.75) is 24.2 Å². The Labute approximate surface area is 119 Å². The van der Waals surface area contributed by atoms with Gasteiger partial charge in [-0.25, -0.2) is 13.6 Å². The Hall–Kier alpha value is -0.920. The molecule has 0 aromatic heterocycles. The number of hydrogen-bond donors (Lipinski definition) is 1. The molecule has 0 unspecified atom stereocenters. The zero-order valence-corrected chi connectivity index (χ0v) is 12.5. The molecule has 1 saturated carbocycles. The van der Waals surface area contributed by atoms with Gasteiger partial charge in [0, 0.05) is 22.6 Å². The normalized spacial score (nSPS) is 18.5. The maximum atomic E-state index is 12.1. The summed E-state index contributed by atoms with van der Waals surface area (Å²) in [5.74, 6) is 0.217. The van der Waals surface area contributed by atoms with Crippen LogP contribution in [0, 0.1) is 5.92 Å². The monoisotopic (exact) mass is 344 g/mol. The predicted octanol–water partition coefficient (Wildman–Crippen LogP) is 1.40. The highest BCUT2D eigenvalue weighted by Gasteiger charge is 2.37. The molecular weight excluding hydrogens is 332 g/mol. The number of rotatable bonds is 2. The van der Waals surface area contributed by atoms with Crippen LogP contribution in [0.25, 0.3) is 0 Å². The van der Waals surface area contributed by atoms with Gasteiger partial charge in [0.25, 0.3) is 0 Å². The van der Waals surface area contributed by atoms with E-state index in [1.165, 1.54) is 6.07 Å². The maximum Gasteiger partial charge on any atom is 0.239 e. The summed E-state index contributed by atoms with van der Waals surface area (Å²) in [6, 6.07) is 3.25. The average molecular weight is 345 g/mol. The Kier molecular flexibility index (Phi) is 2.95. The van der Waals surface area contributed by atoms with E-state index in [1.807, 2.05) is 0 Å². The molecule has 1 aliphatic heterocycles. The van der Waals surface area contributed by atoms with Crippen molar-refractivity contribution in [3.8, 4) is 0 Å². The second-order valence-corrected chi connectivity index (χ2v) is 7.35. The van der Waals surface area contributed by atoms with Crippen LogP contribution in [-0.2, 0) is 21.2 Å². The fourth-order valence-electron chi connectivity index (χ4n) is 2.39. The molecular formula is C12H13BrN2O3S. The topological polar surface area (TPSA) is 80.5 Å². The summed E-state index contributed by atoms with van der Waals surface area (Å²) in [5, 5.41) is 5.18. The lowest BCUT2D eigenvalue weighted by Crippen LogP contribution is -2.30. The Morgan fingerprint density at radius 2 is 2.05 bits per heavy atom. The third kappa shape index (κ3) is 2.30. The van der Waals surface area contributed by atoms with E-state index < -0.39 is 10.0 Å². The molecule has 0 saturated heterocycles. The molecule has 1 fully saturated rings. The van der Waals surface area contributed by atoms with E-state index in [4.69, 9.17) is 5.14 Å². The van der Waals surface area contributed by atoms with E-state index >= 15 is 0 Å². The van der Waals surface area contributed by atoms with Crippen LogP contribution in [0.4, 0.5) is 5.69 Å². The van der Waals surface area contributed by atoms with Gasteiger partial charge in [-0.15, -0.1) is 0 Å². The van der Waals surface area contributed by atoms with Crippen molar-refractivity contribution in [3.63, 3.8) is 0 Å². The summed E-state index contributed by atoms with van der Waals surface area (Å²) >= 11 is 3.22. The first-order valence-electron chi connectivity index (χ1n) is 6.04. The highest BCUT2D eigenvalue weighted by Crippen LogP contribution is 2.39. The average Bonchev–Trinajstić information content (AvgIpc) is 3.07. The number of carbonyl (C=O) groups excluding carboxylic acids is 1. The van der Waals surface area contributed by atoms with E-state index in [2.05, 4.69) is 15.9 Å². The second kappa shape index (κ2) is 4.29. The minimum absolute atomic E-state index is 0.0294. The number of fused-ring (bicyclic) bond motifs is 1. The van der Waals surface area contributed by atoms with Gasteiger partial charge in [0.1, 0.15) is 0 Å². The van der Waals surface area contributed by atoms with Crippen molar-refractivity contribution in [2.24, 2.45) is 11.1 Å². The molecule has 0 atom stereocenters. The zero-order valence-electron chi connectivity index (χ0n) is 10.1. The van der Waals surface area contributed by atoms with Crippen molar-refractivity contribution >= 4 is 37.5 Å². The molecule has 102 valence electrons. The lowest BCUT2D eigenvalue weighted by Gasteiger charge is -2.18. The molecule has 0 bridgehead atoms. The number of nitrogens with two attached hydrogens (primary N) is 1. The first kappa shape index (κ1) is 13.1. The highest BCUT2D eigenvalue weighted by atomic mass is 79.9. The number of halogens is 1. The smallest absolute Gasteiger partial charge is 0.239 e. The van der Waals surface area contributed by atoms with E-state index in [0.29, 0.717) is 16.7 Å². The molecule has 1 amide bonds. The van der Waals surface area contributed by atoms with Gasteiger partial charge in [0.15, 0.2) is 0 Å².